The van der Waals surface area contributed by atoms with Gasteiger partial charge in [0.05, 0.1) is 22.8 Å². The number of hydrogen-bond donors (Lipinski definition) is 1. The van der Waals surface area contributed by atoms with Crippen LogP contribution in [-0.2, 0) is 16.1 Å². The third kappa shape index (κ3) is 4.20. The lowest BCUT2D eigenvalue weighted by Crippen LogP contribution is -2.32. The van der Waals surface area contributed by atoms with Crippen molar-refractivity contribution in [3.63, 3.8) is 0 Å². The predicted octanol–water partition coefficient (Wildman–Crippen LogP) is 5.40. The van der Waals surface area contributed by atoms with Crippen LogP contribution in [0.3, 0.4) is 0 Å². The maximum atomic E-state index is 13.4. The van der Waals surface area contributed by atoms with Crippen molar-refractivity contribution in [2.75, 3.05) is 5.32 Å². The first kappa shape index (κ1) is 21.1. The van der Waals surface area contributed by atoms with Gasteiger partial charge < -0.3 is 5.32 Å². The minimum absolute atomic E-state index is 0.0608. The van der Waals surface area contributed by atoms with Gasteiger partial charge >= 0.3 is 0 Å². The van der Waals surface area contributed by atoms with Gasteiger partial charge in [0.2, 0.25) is 0 Å². The number of nitrogens with zero attached hydrogens (tertiary/aromatic N) is 2. The number of imide groups is 1. The van der Waals surface area contributed by atoms with Gasteiger partial charge in [0, 0.05) is 22.5 Å². The third-order valence-electron chi connectivity index (χ3n) is 5.19. The van der Waals surface area contributed by atoms with E-state index in [9.17, 15) is 9.59 Å². The molecule has 2 aromatic carbocycles. The molecule has 4 rings (SSSR count). The number of carbonyl (C=O) groups excluding carboxylic acids is 2. The standard InChI is InChI=1S/C24H19Cl2N3O2/c1-14-6-8-17(11-15(14)2)28-22-21(19-9-7-16(25)12-20(19)26)23(30)29(24(22)31)13-18-5-3-4-10-27-18/h3-12,28H,13H2,1-2H3. The smallest absolute Gasteiger partial charge is 0.278 e. The molecule has 1 aliphatic rings. The molecule has 2 heterocycles. The van der Waals surface area contributed by atoms with Crippen LogP contribution in [0.1, 0.15) is 22.4 Å². The number of pyridine rings is 1. The van der Waals surface area contributed by atoms with E-state index in [1.165, 1.54) is 4.90 Å². The highest BCUT2D eigenvalue weighted by molar-refractivity contribution is 6.41. The van der Waals surface area contributed by atoms with Crippen LogP contribution in [0.25, 0.3) is 5.57 Å². The Morgan fingerprint density at radius 2 is 1.74 bits per heavy atom. The zero-order chi connectivity index (χ0) is 22.1. The molecular formula is C24H19Cl2N3O2. The van der Waals surface area contributed by atoms with E-state index >= 15 is 0 Å². The second-order valence-electron chi connectivity index (χ2n) is 7.32. The Morgan fingerprint density at radius 3 is 2.42 bits per heavy atom. The van der Waals surface area contributed by atoms with Crippen LogP contribution in [0.2, 0.25) is 10.0 Å². The molecule has 7 heteroatoms. The summed E-state index contributed by atoms with van der Waals surface area (Å²) in [5.74, 6) is -0.874. The molecule has 0 spiro atoms. The molecule has 0 fully saturated rings. The van der Waals surface area contributed by atoms with Gasteiger partial charge in [-0.1, -0.05) is 41.4 Å². The number of carbonyl (C=O) groups is 2. The number of hydrogen-bond acceptors (Lipinski definition) is 4. The molecule has 0 atom stereocenters. The molecule has 156 valence electrons. The quantitative estimate of drug-likeness (QED) is 0.527. The fourth-order valence-electron chi connectivity index (χ4n) is 3.39. The number of benzene rings is 2. The first-order valence-corrected chi connectivity index (χ1v) is 10.4. The van der Waals surface area contributed by atoms with Crippen LogP contribution in [0.5, 0.6) is 0 Å². The van der Waals surface area contributed by atoms with Crippen molar-refractivity contribution in [2.24, 2.45) is 0 Å². The summed E-state index contributed by atoms with van der Waals surface area (Å²) in [6.45, 7) is 4.06. The monoisotopic (exact) mass is 451 g/mol. The zero-order valence-electron chi connectivity index (χ0n) is 16.9. The average Bonchev–Trinajstić information content (AvgIpc) is 2.96. The molecule has 0 radical (unpaired) electrons. The van der Waals surface area contributed by atoms with Crippen molar-refractivity contribution in [3.05, 3.63) is 98.9 Å². The number of halogens is 2. The summed E-state index contributed by atoms with van der Waals surface area (Å²) in [4.78, 5) is 32.1. The Morgan fingerprint density at radius 1 is 0.935 bits per heavy atom. The number of anilines is 1. The molecule has 1 N–H and O–H groups in total. The Labute approximate surface area is 190 Å². The molecule has 0 unspecified atom stereocenters. The summed E-state index contributed by atoms with van der Waals surface area (Å²) in [7, 11) is 0. The molecule has 0 aliphatic carbocycles. The van der Waals surface area contributed by atoms with Gasteiger partial charge in [0.15, 0.2) is 0 Å². The van der Waals surface area contributed by atoms with E-state index in [4.69, 9.17) is 23.2 Å². The topological polar surface area (TPSA) is 62.3 Å². The normalized spacial score (nSPS) is 13.9. The van der Waals surface area contributed by atoms with E-state index in [2.05, 4.69) is 10.3 Å². The van der Waals surface area contributed by atoms with E-state index in [0.717, 1.165) is 11.1 Å². The van der Waals surface area contributed by atoms with Crippen LogP contribution in [-0.4, -0.2) is 21.7 Å². The van der Waals surface area contributed by atoms with Crippen LogP contribution >= 0.6 is 23.2 Å². The molecule has 3 aromatic rings. The number of rotatable bonds is 5. The van der Waals surface area contributed by atoms with Gasteiger partial charge in [0.1, 0.15) is 5.70 Å². The van der Waals surface area contributed by atoms with Gasteiger partial charge in [-0.25, -0.2) is 0 Å². The van der Waals surface area contributed by atoms with Crippen LogP contribution < -0.4 is 5.32 Å². The van der Waals surface area contributed by atoms with E-state index in [1.54, 1.807) is 36.5 Å². The lowest BCUT2D eigenvalue weighted by molar-refractivity contribution is -0.137. The molecule has 31 heavy (non-hydrogen) atoms. The maximum absolute atomic E-state index is 13.4. The fourth-order valence-corrected chi connectivity index (χ4v) is 3.90. The highest BCUT2D eigenvalue weighted by atomic mass is 35.5. The highest BCUT2D eigenvalue weighted by Crippen LogP contribution is 2.36. The van der Waals surface area contributed by atoms with Crippen molar-refractivity contribution in [3.8, 4) is 0 Å². The van der Waals surface area contributed by atoms with Gasteiger partial charge in [-0.15, -0.1) is 0 Å². The molecule has 0 saturated heterocycles. The van der Waals surface area contributed by atoms with Crippen LogP contribution in [0.15, 0.2) is 66.5 Å². The summed E-state index contributed by atoms with van der Waals surface area (Å²) in [6, 6.07) is 16.0. The minimum atomic E-state index is -0.439. The Balaban J connectivity index is 1.79. The average molecular weight is 452 g/mol. The number of aryl methyl sites for hydroxylation is 2. The van der Waals surface area contributed by atoms with Crippen molar-refractivity contribution in [2.45, 2.75) is 20.4 Å². The van der Waals surface area contributed by atoms with E-state index < -0.39 is 11.8 Å². The predicted molar refractivity (Wildman–Crippen MR) is 123 cm³/mol. The van der Waals surface area contributed by atoms with Gasteiger partial charge in [-0.2, -0.15) is 0 Å². The lowest BCUT2D eigenvalue weighted by atomic mass is 10.0. The summed E-state index contributed by atoms with van der Waals surface area (Å²) < 4.78 is 0. The van der Waals surface area contributed by atoms with Crippen molar-refractivity contribution < 1.29 is 9.59 Å². The fraction of sp³-hybridized carbons (Fsp3) is 0.125. The SMILES string of the molecule is Cc1ccc(NC2=C(c3ccc(Cl)cc3Cl)C(=O)N(Cc3ccccn3)C2=O)cc1C. The second kappa shape index (κ2) is 8.53. The summed E-state index contributed by atoms with van der Waals surface area (Å²) in [6.07, 6.45) is 1.62. The van der Waals surface area contributed by atoms with Crippen molar-refractivity contribution in [1.29, 1.82) is 0 Å². The second-order valence-corrected chi connectivity index (χ2v) is 8.16. The van der Waals surface area contributed by atoms with E-state index in [0.29, 0.717) is 27.0 Å². The largest absolute Gasteiger partial charge is 0.350 e. The molecular weight excluding hydrogens is 433 g/mol. The molecule has 0 bridgehead atoms. The van der Waals surface area contributed by atoms with Crippen molar-refractivity contribution in [1.82, 2.24) is 9.88 Å². The lowest BCUT2D eigenvalue weighted by Gasteiger charge is -2.15. The number of nitrogens with one attached hydrogen (secondary N) is 1. The Kier molecular flexibility index (Phi) is 5.81. The summed E-state index contributed by atoms with van der Waals surface area (Å²) in [5.41, 5.74) is 4.35. The highest BCUT2D eigenvalue weighted by Gasteiger charge is 2.40. The van der Waals surface area contributed by atoms with Gasteiger partial charge in [-0.05, 0) is 61.4 Å². The molecule has 1 aromatic heterocycles. The van der Waals surface area contributed by atoms with Gasteiger partial charge in [0.25, 0.3) is 11.8 Å². The molecule has 2 amide bonds. The maximum Gasteiger partial charge on any atom is 0.278 e. The van der Waals surface area contributed by atoms with Crippen LogP contribution in [0.4, 0.5) is 5.69 Å². The Bertz CT molecular complexity index is 1220. The number of aromatic nitrogens is 1. The summed E-state index contributed by atoms with van der Waals surface area (Å²) in [5, 5.41) is 3.89. The Hall–Kier alpha value is -3.15. The van der Waals surface area contributed by atoms with Crippen molar-refractivity contribution >= 4 is 46.3 Å². The molecule has 0 saturated carbocycles. The summed E-state index contributed by atoms with van der Waals surface area (Å²) >= 11 is 12.4. The molecule has 5 nitrogen and oxygen atoms in total. The minimum Gasteiger partial charge on any atom is -0.350 e. The van der Waals surface area contributed by atoms with Gasteiger partial charge in [-0.3, -0.25) is 19.5 Å². The molecule has 1 aliphatic heterocycles. The third-order valence-corrected chi connectivity index (χ3v) is 5.74. The number of amides is 2. The zero-order valence-corrected chi connectivity index (χ0v) is 18.5. The van der Waals surface area contributed by atoms with Crippen LogP contribution in [0, 0.1) is 13.8 Å². The van der Waals surface area contributed by atoms with E-state index in [-0.39, 0.29) is 17.8 Å². The first-order chi connectivity index (χ1) is 14.8. The first-order valence-electron chi connectivity index (χ1n) is 9.65. The van der Waals surface area contributed by atoms with E-state index in [1.807, 2.05) is 38.1 Å².